The Morgan fingerprint density at radius 1 is 1.27 bits per heavy atom. The third-order valence-electron chi connectivity index (χ3n) is 5.00. The Kier molecular flexibility index (Phi) is 4.42. The summed E-state index contributed by atoms with van der Waals surface area (Å²) in [4.78, 5) is 15.4. The summed E-state index contributed by atoms with van der Waals surface area (Å²) in [7, 11) is 0. The quantitative estimate of drug-likeness (QED) is 0.843. The first-order valence-corrected chi connectivity index (χ1v) is 9.56. The normalized spacial score (nSPS) is 23.4. The van der Waals surface area contributed by atoms with E-state index in [1.54, 1.807) is 4.90 Å². The van der Waals surface area contributed by atoms with E-state index in [1.165, 1.54) is 17.5 Å². The monoisotopic (exact) mass is 384 g/mol. The minimum Gasteiger partial charge on any atom is -0.362 e. The first-order chi connectivity index (χ1) is 12.4. The van der Waals surface area contributed by atoms with Gasteiger partial charge in [0.05, 0.1) is 12.2 Å². The molecule has 1 N–H and O–H groups in total. The lowest BCUT2D eigenvalue weighted by Crippen LogP contribution is -2.38. The second kappa shape index (κ2) is 6.61. The van der Waals surface area contributed by atoms with Crippen LogP contribution >= 0.6 is 11.3 Å². The van der Waals surface area contributed by atoms with E-state index in [4.69, 9.17) is 0 Å². The van der Waals surface area contributed by atoms with Crippen molar-refractivity contribution in [3.8, 4) is 0 Å². The predicted molar refractivity (Wildman–Crippen MR) is 92.4 cm³/mol. The van der Waals surface area contributed by atoms with Gasteiger partial charge in [-0.05, 0) is 30.7 Å². The molecule has 2 aliphatic rings. The Balaban J connectivity index is 1.70. The Morgan fingerprint density at radius 3 is 2.69 bits per heavy atom. The number of rotatable bonds is 2. The number of aromatic nitrogens is 2. The van der Waals surface area contributed by atoms with Crippen LogP contribution in [-0.2, 0) is 0 Å². The standard InChI is InChI=1S/C17H19F3N4OS/c18-17(19,20)14-9-12(13-5-4-8-26-13)22-15-11(10-21-24(14)15)16(25)23-6-2-1-3-7-23/h4-5,8,10,12,14,22H,1-3,6-7,9H2/t12-,14+/m1/s1. The van der Waals surface area contributed by atoms with Gasteiger partial charge in [0.15, 0.2) is 6.04 Å². The molecule has 0 aromatic carbocycles. The maximum absolute atomic E-state index is 13.6. The molecule has 1 amide bonds. The van der Waals surface area contributed by atoms with Crippen molar-refractivity contribution < 1.29 is 18.0 Å². The summed E-state index contributed by atoms with van der Waals surface area (Å²) >= 11 is 1.41. The highest BCUT2D eigenvalue weighted by Crippen LogP contribution is 2.45. The zero-order chi connectivity index (χ0) is 18.3. The molecule has 5 nitrogen and oxygen atoms in total. The Labute approximate surface area is 152 Å². The smallest absolute Gasteiger partial charge is 0.362 e. The average molecular weight is 384 g/mol. The molecule has 0 unspecified atom stereocenters. The van der Waals surface area contributed by atoms with Gasteiger partial charge in [-0.2, -0.15) is 18.3 Å². The van der Waals surface area contributed by atoms with E-state index in [0.29, 0.717) is 13.1 Å². The van der Waals surface area contributed by atoms with E-state index >= 15 is 0 Å². The average Bonchev–Trinajstić information content (AvgIpc) is 3.30. The summed E-state index contributed by atoms with van der Waals surface area (Å²) in [6, 6.07) is 1.40. The van der Waals surface area contributed by atoms with Crippen LogP contribution in [0.15, 0.2) is 23.7 Å². The van der Waals surface area contributed by atoms with Crippen molar-refractivity contribution >= 4 is 23.1 Å². The number of piperidine rings is 1. The maximum atomic E-state index is 13.6. The molecule has 2 atom stereocenters. The third kappa shape index (κ3) is 3.08. The SMILES string of the molecule is O=C(c1cnn2c1N[C@@H](c1cccs1)C[C@H]2C(F)(F)F)N1CCCCC1. The van der Waals surface area contributed by atoms with E-state index in [9.17, 15) is 18.0 Å². The van der Waals surface area contributed by atoms with Gasteiger partial charge in [0.2, 0.25) is 0 Å². The number of halogens is 3. The van der Waals surface area contributed by atoms with Crippen molar-refractivity contribution in [3.05, 3.63) is 34.2 Å². The number of hydrogen-bond donors (Lipinski definition) is 1. The second-order valence-corrected chi connectivity index (χ2v) is 7.69. The fourth-order valence-electron chi connectivity index (χ4n) is 3.66. The summed E-state index contributed by atoms with van der Waals surface area (Å²) < 4.78 is 41.8. The molecule has 1 fully saturated rings. The molecule has 2 aliphatic heterocycles. The van der Waals surface area contributed by atoms with Crippen LogP contribution in [0.2, 0.25) is 0 Å². The lowest BCUT2D eigenvalue weighted by molar-refractivity contribution is -0.173. The summed E-state index contributed by atoms with van der Waals surface area (Å²) in [5, 5.41) is 8.90. The van der Waals surface area contributed by atoms with E-state index in [-0.39, 0.29) is 23.7 Å². The molecule has 9 heteroatoms. The number of anilines is 1. The van der Waals surface area contributed by atoms with Crippen molar-refractivity contribution in [2.45, 2.75) is 43.9 Å². The van der Waals surface area contributed by atoms with Gasteiger partial charge >= 0.3 is 6.18 Å². The van der Waals surface area contributed by atoms with Crippen molar-refractivity contribution in [2.24, 2.45) is 0 Å². The number of nitrogens with one attached hydrogen (secondary N) is 1. The topological polar surface area (TPSA) is 50.2 Å². The van der Waals surface area contributed by atoms with E-state index < -0.39 is 18.3 Å². The van der Waals surface area contributed by atoms with Crippen LogP contribution < -0.4 is 5.32 Å². The number of likely N-dealkylation sites (tertiary alicyclic amines) is 1. The highest BCUT2D eigenvalue weighted by molar-refractivity contribution is 7.10. The van der Waals surface area contributed by atoms with Crippen molar-refractivity contribution in [1.29, 1.82) is 0 Å². The first-order valence-electron chi connectivity index (χ1n) is 8.68. The lowest BCUT2D eigenvalue weighted by atomic mass is 10.0. The van der Waals surface area contributed by atoms with Crippen LogP contribution in [-0.4, -0.2) is 39.9 Å². The van der Waals surface area contributed by atoms with Gasteiger partial charge < -0.3 is 10.2 Å². The number of thiophene rings is 1. The van der Waals surface area contributed by atoms with Gasteiger partial charge in [-0.1, -0.05) is 6.07 Å². The molecule has 0 saturated carbocycles. The number of carbonyl (C=O) groups is 1. The molecular formula is C17H19F3N4OS. The molecule has 140 valence electrons. The zero-order valence-corrected chi connectivity index (χ0v) is 14.8. The van der Waals surface area contributed by atoms with Gasteiger partial charge in [-0.25, -0.2) is 4.68 Å². The van der Waals surface area contributed by atoms with Crippen molar-refractivity contribution in [2.75, 3.05) is 18.4 Å². The molecular weight excluding hydrogens is 365 g/mol. The first kappa shape index (κ1) is 17.4. The zero-order valence-electron chi connectivity index (χ0n) is 14.0. The minimum atomic E-state index is -4.43. The van der Waals surface area contributed by atoms with Gasteiger partial charge in [0.25, 0.3) is 5.91 Å². The van der Waals surface area contributed by atoms with E-state index in [0.717, 1.165) is 28.8 Å². The van der Waals surface area contributed by atoms with E-state index in [1.807, 2.05) is 17.5 Å². The number of amides is 1. The van der Waals surface area contributed by atoms with E-state index in [2.05, 4.69) is 10.4 Å². The fraction of sp³-hybridized carbons (Fsp3) is 0.529. The molecule has 4 rings (SSSR count). The largest absolute Gasteiger partial charge is 0.410 e. The van der Waals surface area contributed by atoms with Gasteiger partial charge in [-0.15, -0.1) is 11.3 Å². The van der Waals surface area contributed by atoms with Gasteiger partial charge in [0.1, 0.15) is 11.4 Å². The van der Waals surface area contributed by atoms with Crippen LogP contribution in [0.3, 0.4) is 0 Å². The summed E-state index contributed by atoms with van der Waals surface area (Å²) in [6.07, 6.45) is -0.378. The van der Waals surface area contributed by atoms with Crippen LogP contribution in [0, 0.1) is 0 Å². The number of carbonyl (C=O) groups excluding carboxylic acids is 1. The van der Waals surface area contributed by atoms with Crippen LogP contribution in [0.4, 0.5) is 19.0 Å². The number of fused-ring (bicyclic) bond motifs is 1. The molecule has 2 aromatic rings. The molecule has 26 heavy (non-hydrogen) atoms. The predicted octanol–water partition coefficient (Wildman–Crippen LogP) is 4.23. The molecule has 0 spiro atoms. The summed E-state index contributed by atoms with van der Waals surface area (Å²) in [6.45, 7) is 1.28. The highest BCUT2D eigenvalue weighted by atomic mass is 32.1. The Bertz CT molecular complexity index is 781. The van der Waals surface area contributed by atoms with Gasteiger partial charge in [0, 0.05) is 24.4 Å². The number of alkyl halides is 3. The summed E-state index contributed by atoms with van der Waals surface area (Å²) in [5.41, 5.74) is 0.224. The number of hydrogen-bond acceptors (Lipinski definition) is 4. The Morgan fingerprint density at radius 2 is 2.04 bits per heavy atom. The summed E-state index contributed by atoms with van der Waals surface area (Å²) in [5.74, 6) is -0.0706. The van der Waals surface area contributed by atoms with Gasteiger partial charge in [-0.3, -0.25) is 4.79 Å². The fourth-order valence-corrected chi connectivity index (χ4v) is 4.45. The molecule has 1 saturated heterocycles. The highest BCUT2D eigenvalue weighted by Gasteiger charge is 2.47. The molecule has 4 heterocycles. The molecule has 0 aliphatic carbocycles. The lowest BCUT2D eigenvalue weighted by Gasteiger charge is -2.34. The molecule has 0 radical (unpaired) electrons. The second-order valence-electron chi connectivity index (χ2n) is 6.71. The van der Waals surface area contributed by atoms with Crippen molar-refractivity contribution in [3.63, 3.8) is 0 Å². The third-order valence-corrected chi connectivity index (χ3v) is 5.98. The number of nitrogens with zero attached hydrogens (tertiary/aromatic N) is 3. The van der Waals surface area contributed by atoms with Crippen molar-refractivity contribution in [1.82, 2.24) is 14.7 Å². The van der Waals surface area contributed by atoms with Crippen LogP contribution in [0.1, 0.15) is 53.0 Å². The Hall–Kier alpha value is -2.03. The maximum Gasteiger partial charge on any atom is 0.410 e. The van der Waals surface area contributed by atoms with Crippen LogP contribution in [0.5, 0.6) is 0 Å². The molecule has 2 aromatic heterocycles. The molecule has 0 bridgehead atoms. The minimum absolute atomic E-state index is 0.143. The van der Waals surface area contributed by atoms with Crippen LogP contribution in [0.25, 0.3) is 0 Å².